The molecule has 0 aromatic carbocycles. The third-order valence-corrected chi connectivity index (χ3v) is 0.680. The predicted molar refractivity (Wildman–Crippen MR) is 26.6 cm³/mol. The average molecular weight is 90.1 g/mol. The first-order valence-corrected chi connectivity index (χ1v) is 2.01. The number of hydrogen-bond donors (Lipinski definition) is 0. The topological polar surface area (TPSA) is 12.9 Å². The Bertz CT molecular complexity index is 134. The second-order valence-electron chi connectivity index (χ2n) is 1.24. The van der Waals surface area contributed by atoms with Gasteiger partial charge in [0.15, 0.2) is 0 Å². The third kappa shape index (κ3) is 1.000. The molecule has 0 fully saturated rings. The van der Waals surface area contributed by atoms with Crippen LogP contribution in [0.15, 0.2) is 24.5 Å². The normalized spacial score (nSPS) is 8.71. The van der Waals surface area contributed by atoms with Crippen molar-refractivity contribution in [3.63, 3.8) is 0 Å². The van der Waals surface area contributed by atoms with Crippen LogP contribution in [0.1, 0.15) is 5.56 Å². The van der Waals surface area contributed by atoms with Gasteiger partial charge in [-0.15, -0.1) is 0 Å². The summed E-state index contributed by atoms with van der Waals surface area (Å²) in [5, 5.41) is 0. The summed E-state index contributed by atoms with van der Waals surface area (Å²) in [7, 11) is 0. The van der Waals surface area contributed by atoms with Crippen LogP contribution >= 0.6 is 0 Å². The van der Waals surface area contributed by atoms with Crippen LogP contribution in [0, 0.1) is 6.92 Å². The smallest absolute Gasteiger partial charge is 0.0300 e. The maximum atomic E-state index is 6.96. The highest BCUT2D eigenvalue weighted by atomic mass is 14.6. The first-order chi connectivity index (χ1) is 3.39. The van der Waals surface area contributed by atoms with Gasteiger partial charge in [-0.05, 0) is 17.7 Å². The molecule has 1 heteroatoms. The molecule has 0 N–H and O–H groups in total. The van der Waals surface area contributed by atoms with E-state index >= 15 is 0 Å². The van der Waals surface area contributed by atoms with Crippen molar-refractivity contribution in [2.45, 2.75) is 0 Å². The van der Waals surface area contributed by atoms with Gasteiger partial charge in [0.1, 0.15) is 0 Å². The number of hydrogen-bond acceptors (Lipinski definition) is 1. The van der Waals surface area contributed by atoms with Gasteiger partial charge in [-0.3, -0.25) is 4.98 Å². The van der Waals surface area contributed by atoms with Gasteiger partial charge in [-0.25, -0.2) is 0 Å². The van der Waals surface area contributed by atoms with Crippen LogP contribution in [0.3, 0.4) is 0 Å². The Kier molecular flexibility index (Phi) is 1.07. The van der Waals surface area contributed by atoms with E-state index in [2.05, 4.69) is 4.98 Å². The van der Waals surface area contributed by atoms with Gasteiger partial charge in [0.05, 0.1) is 0 Å². The summed E-state index contributed by atoms with van der Waals surface area (Å²) < 4.78 is 0. The van der Waals surface area contributed by atoms with Crippen molar-refractivity contribution in [1.29, 1.82) is 0 Å². The molecule has 0 saturated carbocycles. The Labute approximate surface area is 43.0 Å². The minimum atomic E-state index is 0.509. The van der Waals surface area contributed by atoms with E-state index in [-0.39, 0.29) is 0 Å². The first-order valence-electron chi connectivity index (χ1n) is 2.01. The van der Waals surface area contributed by atoms with E-state index < -0.39 is 0 Å². The molecule has 0 aliphatic heterocycles. The van der Waals surface area contributed by atoms with E-state index in [4.69, 9.17) is 6.92 Å². The van der Waals surface area contributed by atoms with Crippen LogP contribution in [-0.2, 0) is 0 Å². The Morgan fingerprint density at radius 1 is 1.29 bits per heavy atom. The molecule has 1 aromatic heterocycles. The lowest BCUT2D eigenvalue weighted by Gasteiger charge is -1.81. The van der Waals surface area contributed by atoms with Gasteiger partial charge in [0.25, 0.3) is 0 Å². The number of rotatable bonds is 0. The molecule has 0 aliphatic rings. The Morgan fingerprint density at radius 2 is 1.86 bits per heavy atom. The molecule has 1 nitrogen and oxygen atoms in total. The van der Waals surface area contributed by atoms with Gasteiger partial charge in [0.2, 0.25) is 0 Å². The van der Waals surface area contributed by atoms with Gasteiger partial charge in [0, 0.05) is 19.3 Å². The lowest BCUT2D eigenvalue weighted by atomic mass is 10.3. The Hall–Kier alpha value is -0.850. The van der Waals surface area contributed by atoms with Crippen LogP contribution < -0.4 is 0 Å². The van der Waals surface area contributed by atoms with Crippen molar-refractivity contribution in [3.8, 4) is 0 Å². The van der Waals surface area contributed by atoms with Crippen LogP contribution in [-0.4, -0.2) is 4.98 Å². The van der Waals surface area contributed by atoms with Crippen LogP contribution in [0.25, 0.3) is 0 Å². The van der Waals surface area contributed by atoms with Crippen LogP contribution in [0.4, 0.5) is 0 Å². The largest absolute Gasteiger partial charge is 0.265 e. The first kappa shape index (κ1) is 4.31. The minimum absolute atomic E-state index is 0.509. The van der Waals surface area contributed by atoms with Crippen LogP contribution in [0.5, 0.6) is 0 Å². The second-order valence-corrected chi connectivity index (χ2v) is 1.24. The second kappa shape index (κ2) is 1.73. The monoisotopic (exact) mass is 90.0 g/mol. The molecule has 7 heavy (non-hydrogen) atoms. The molecule has 0 spiro atoms. The van der Waals surface area contributed by atoms with E-state index in [9.17, 15) is 0 Å². The van der Waals surface area contributed by atoms with Gasteiger partial charge >= 0.3 is 0 Å². The zero-order chi connectivity index (χ0) is 5.11. The highest BCUT2D eigenvalue weighted by molar-refractivity contribution is 5.11. The maximum Gasteiger partial charge on any atom is 0.0300 e. The van der Waals surface area contributed by atoms with E-state index in [1.54, 1.807) is 24.5 Å². The van der Waals surface area contributed by atoms with E-state index in [0.717, 1.165) is 0 Å². The van der Waals surface area contributed by atoms with Crippen LogP contribution in [0.2, 0.25) is 0 Å². The van der Waals surface area contributed by atoms with E-state index in [1.165, 1.54) is 0 Å². The van der Waals surface area contributed by atoms with Gasteiger partial charge in [-0.1, -0.05) is 0 Å². The molecular weight excluding hydrogens is 86.1 g/mol. The number of aromatic nitrogens is 1. The van der Waals surface area contributed by atoms with Crippen molar-refractivity contribution in [1.82, 2.24) is 4.98 Å². The SMILES string of the molecule is [C]c1ccncc1. The fourth-order valence-corrected chi connectivity index (χ4v) is 0.352. The lowest BCUT2D eigenvalue weighted by molar-refractivity contribution is 1.31. The summed E-state index contributed by atoms with van der Waals surface area (Å²) in [5.74, 6) is 0. The molecule has 0 atom stereocenters. The number of nitrogens with zero attached hydrogens (tertiary/aromatic N) is 1. The predicted octanol–water partition coefficient (Wildman–Crippen LogP) is 1.02. The van der Waals surface area contributed by atoms with Crippen molar-refractivity contribution < 1.29 is 0 Å². The fraction of sp³-hybridized carbons (Fsp3) is 0. The summed E-state index contributed by atoms with van der Waals surface area (Å²) in [6.07, 6.45) is 3.20. The Morgan fingerprint density at radius 3 is 2.14 bits per heavy atom. The summed E-state index contributed by atoms with van der Waals surface area (Å²) in [4.78, 5) is 3.73. The van der Waals surface area contributed by atoms with Crippen molar-refractivity contribution in [3.05, 3.63) is 37.0 Å². The molecular formula is C6H4N. The molecule has 33 valence electrons. The quantitative estimate of drug-likeness (QED) is 0.463. The average Bonchev–Trinajstić information content (AvgIpc) is 1.69. The molecule has 0 aliphatic carbocycles. The summed E-state index contributed by atoms with van der Waals surface area (Å²) >= 11 is 0. The summed E-state index contributed by atoms with van der Waals surface area (Å²) in [5.41, 5.74) is 0.509. The number of pyridine rings is 1. The van der Waals surface area contributed by atoms with Crippen molar-refractivity contribution in [2.24, 2.45) is 0 Å². The van der Waals surface area contributed by atoms with Crippen molar-refractivity contribution in [2.75, 3.05) is 0 Å². The molecule has 0 saturated heterocycles. The highest BCUT2D eigenvalue weighted by Crippen LogP contribution is 1.88. The van der Waals surface area contributed by atoms with Gasteiger partial charge in [-0.2, -0.15) is 0 Å². The lowest BCUT2D eigenvalue weighted by Crippen LogP contribution is -1.68. The van der Waals surface area contributed by atoms with E-state index in [0.29, 0.717) is 5.56 Å². The van der Waals surface area contributed by atoms with Gasteiger partial charge < -0.3 is 0 Å². The fourth-order valence-electron chi connectivity index (χ4n) is 0.352. The molecule has 0 amide bonds. The zero-order valence-electron chi connectivity index (χ0n) is 3.76. The summed E-state index contributed by atoms with van der Waals surface area (Å²) in [6.45, 7) is 6.96. The van der Waals surface area contributed by atoms with Crippen molar-refractivity contribution >= 4 is 0 Å². The minimum Gasteiger partial charge on any atom is -0.265 e. The molecule has 1 rings (SSSR count). The summed E-state index contributed by atoms with van der Waals surface area (Å²) in [6, 6.07) is 3.28. The molecule has 0 unspecified atom stereocenters. The highest BCUT2D eigenvalue weighted by Gasteiger charge is 1.74. The standard InChI is InChI=1S/C6H4N/c1-6-2-4-7-5-3-6/h2-5H. The third-order valence-electron chi connectivity index (χ3n) is 0.680. The molecule has 3 radical (unpaired) electrons. The maximum absolute atomic E-state index is 6.96. The zero-order valence-corrected chi connectivity index (χ0v) is 3.76. The molecule has 1 heterocycles. The Balaban J connectivity index is 3.02. The van der Waals surface area contributed by atoms with E-state index in [1.807, 2.05) is 0 Å². The molecule has 0 bridgehead atoms. The molecule has 1 aromatic rings.